The molecule has 0 aliphatic heterocycles. The highest BCUT2D eigenvalue weighted by Crippen LogP contribution is 2.19. The molecule has 79 heavy (non-hydrogen) atoms. The number of hydrogen-bond acceptors (Lipinski definition) is 5. The fourth-order valence-electron chi connectivity index (χ4n) is 11.2. The van der Waals surface area contributed by atoms with Gasteiger partial charge in [-0.3, -0.25) is 9.59 Å². The lowest BCUT2D eigenvalue weighted by molar-refractivity contribution is -0.143. The van der Waals surface area contributed by atoms with E-state index in [9.17, 15) is 19.8 Å². The van der Waals surface area contributed by atoms with Gasteiger partial charge in [-0.25, -0.2) is 0 Å². The monoisotopic (exact) mass is 1110 g/mol. The third-order valence-corrected chi connectivity index (χ3v) is 16.7. The van der Waals surface area contributed by atoms with E-state index >= 15 is 0 Å². The molecule has 2 unspecified atom stereocenters. The molecule has 0 fully saturated rings. The molecule has 466 valence electrons. The first kappa shape index (κ1) is 77.1. The number of ether oxygens (including phenoxy) is 1. The Morgan fingerprint density at radius 2 is 0.646 bits per heavy atom. The van der Waals surface area contributed by atoms with Crippen molar-refractivity contribution in [3.8, 4) is 0 Å². The standard InChI is InChI=1S/C73H139NO5/c1-3-5-7-9-11-13-15-17-19-38-41-45-49-53-57-61-65-71(76)70(69-75)74-72(77)66-62-58-54-50-46-42-39-36-34-32-30-28-26-24-22-20-21-23-25-27-29-31-33-35-37-40-44-48-52-56-60-64-68-79-73(78)67-63-59-55-51-47-43-18-16-14-12-10-8-6-4-2/h10,12,16,18,61,65,70-71,75-76H,3-9,11,13-15,17,19-60,62-64,66-69H2,1-2H3,(H,74,77)/b12-10-,18-16-,65-61+. The van der Waals surface area contributed by atoms with Crippen molar-refractivity contribution in [3.63, 3.8) is 0 Å². The highest BCUT2D eigenvalue weighted by molar-refractivity contribution is 5.76. The van der Waals surface area contributed by atoms with Crippen LogP contribution in [0.4, 0.5) is 0 Å². The van der Waals surface area contributed by atoms with Gasteiger partial charge in [-0.05, 0) is 57.8 Å². The summed E-state index contributed by atoms with van der Waals surface area (Å²) in [5.41, 5.74) is 0. The van der Waals surface area contributed by atoms with Crippen molar-refractivity contribution in [3.05, 3.63) is 36.5 Å². The summed E-state index contributed by atoms with van der Waals surface area (Å²) in [6.45, 7) is 4.89. The third kappa shape index (κ3) is 65.1. The minimum absolute atomic E-state index is 0.00653. The van der Waals surface area contributed by atoms with Crippen molar-refractivity contribution < 1.29 is 24.5 Å². The van der Waals surface area contributed by atoms with Crippen LogP contribution in [0.15, 0.2) is 36.5 Å². The van der Waals surface area contributed by atoms with E-state index in [1.165, 1.54) is 315 Å². The maximum atomic E-state index is 12.5. The highest BCUT2D eigenvalue weighted by Gasteiger charge is 2.18. The summed E-state index contributed by atoms with van der Waals surface area (Å²) >= 11 is 0. The van der Waals surface area contributed by atoms with E-state index in [1.807, 2.05) is 6.08 Å². The Kier molecular flexibility index (Phi) is 66.9. The molecule has 0 aromatic carbocycles. The Bertz CT molecular complexity index is 1280. The van der Waals surface area contributed by atoms with Crippen LogP contribution >= 0.6 is 0 Å². The molecule has 2 atom stereocenters. The first-order valence-electron chi connectivity index (χ1n) is 35.8. The molecule has 1 amide bonds. The van der Waals surface area contributed by atoms with Crippen LogP contribution in [0.5, 0.6) is 0 Å². The van der Waals surface area contributed by atoms with Gasteiger partial charge in [0.25, 0.3) is 0 Å². The van der Waals surface area contributed by atoms with Crippen molar-refractivity contribution >= 4 is 11.9 Å². The quantitative estimate of drug-likeness (QED) is 0.0320. The lowest BCUT2D eigenvalue weighted by Crippen LogP contribution is -2.45. The van der Waals surface area contributed by atoms with Crippen LogP contribution in [0.25, 0.3) is 0 Å². The summed E-state index contributed by atoms with van der Waals surface area (Å²) in [7, 11) is 0. The number of carbonyl (C=O) groups excluding carboxylic acids is 2. The number of hydrogen-bond donors (Lipinski definition) is 3. The molecule has 0 aromatic rings. The van der Waals surface area contributed by atoms with Crippen molar-refractivity contribution in [1.82, 2.24) is 5.32 Å². The van der Waals surface area contributed by atoms with Gasteiger partial charge in [0.15, 0.2) is 0 Å². The number of amides is 1. The topological polar surface area (TPSA) is 95.9 Å². The smallest absolute Gasteiger partial charge is 0.305 e. The van der Waals surface area contributed by atoms with Gasteiger partial charge in [0.05, 0.1) is 25.4 Å². The minimum Gasteiger partial charge on any atom is -0.466 e. The van der Waals surface area contributed by atoms with E-state index in [4.69, 9.17) is 4.74 Å². The molecule has 0 bridgehead atoms. The number of nitrogens with one attached hydrogen (secondary N) is 1. The van der Waals surface area contributed by atoms with Gasteiger partial charge < -0.3 is 20.3 Å². The van der Waals surface area contributed by atoms with Crippen LogP contribution in [0.1, 0.15) is 393 Å². The van der Waals surface area contributed by atoms with Gasteiger partial charge in [0.2, 0.25) is 5.91 Å². The zero-order valence-electron chi connectivity index (χ0n) is 53.4. The van der Waals surface area contributed by atoms with Crippen LogP contribution in [0, 0.1) is 0 Å². The largest absolute Gasteiger partial charge is 0.466 e. The molecule has 0 aliphatic rings. The number of aliphatic hydroxyl groups excluding tert-OH is 2. The average molecular weight is 1110 g/mol. The second kappa shape index (κ2) is 68.6. The molecule has 0 aromatic heterocycles. The molecule has 3 N–H and O–H groups in total. The number of rotatable bonds is 67. The summed E-state index contributed by atoms with van der Waals surface area (Å²) in [5, 5.41) is 23.2. The van der Waals surface area contributed by atoms with Crippen LogP contribution in [-0.4, -0.2) is 47.4 Å². The van der Waals surface area contributed by atoms with Crippen LogP contribution < -0.4 is 5.32 Å². The normalized spacial score (nSPS) is 12.7. The minimum atomic E-state index is -0.841. The van der Waals surface area contributed by atoms with Crippen LogP contribution in [0.2, 0.25) is 0 Å². The predicted molar refractivity (Wildman–Crippen MR) is 347 cm³/mol. The second-order valence-electron chi connectivity index (χ2n) is 24.6. The third-order valence-electron chi connectivity index (χ3n) is 16.7. The van der Waals surface area contributed by atoms with Crippen molar-refractivity contribution in [2.24, 2.45) is 0 Å². The van der Waals surface area contributed by atoms with E-state index in [0.717, 1.165) is 51.4 Å². The summed E-state index contributed by atoms with van der Waals surface area (Å²) in [5.74, 6) is -0.0544. The Labute approximate surface area is 494 Å². The predicted octanol–water partition coefficient (Wildman–Crippen LogP) is 23.1. The molecule has 6 nitrogen and oxygen atoms in total. The lowest BCUT2D eigenvalue weighted by Gasteiger charge is -2.20. The molecule has 0 saturated carbocycles. The average Bonchev–Trinajstić information content (AvgIpc) is 3.45. The summed E-state index contributed by atoms with van der Waals surface area (Å²) in [4.78, 5) is 24.5. The molecular formula is C73H139NO5. The van der Waals surface area contributed by atoms with E-state index in [0.29, 0.717) is 19.4 Å². The van der Waals surface area contributed by atoms with E-state index in [1.54, 1.807) is 6.08 Å². The zero-order valence-corrected chi connectivity index (χ0v) is 53.4. The molecule has 6 heteroatoms. The Balaban J connectivity index is 3.34. The second-order valence-corrected chi connectivity index (χ2v) is 24.6. The van der Waals surface area contributed by atoms with E-state index in [2.05, 4.69) is 43.5 Å². The van der Waals surface area contributed by atoms with Gasteiger partial charge in [-0.15, -0.1) is 0 Å². The number of unbranched alkanes of at least 4 members (excludes halogenated alkanes) is 52. The Morgan fingerprint density at radius 3 is 1.00 bits per heavy atom. The van der Waals surface area contributed by atoms with E-state index < -0.39 is 12.1 Å². The maximum absolute atomic E-state index is 12.5. The zero-order chi connectivity index (χ0) is 57.1. The van der Waals surface area contributed by atoms with Crippen molar-refractivity contribution in [1.29, 1.82) is 0 Å². The van der Waals surface area contributed by atoms with Crippen molar-refractivity contribution in [2.45, 2.75) is 405 Å². The fraction of sp³-hybridized carbons (Fsp3) is 0.890. The molecule has 0 heterocycles. The first-order valence-corrected chi connectivity index (χ1v) is 35.8. The summed E-state index contributed by atoms with van der Waals surface area (Å²) < 4.78 is 5.48. The van der Waals surface area contributed by atoms with Crippen LogP contribution in [0.3, 0.4) is 0 Å². The Morgan fingerprint density at radius 1 is 0.354 bits per heavy atom. The number of esters is 1. The molecule has 0 saturated heterocycles. The number of allylic oxidation sites excluding steroid dienone is 5. The SMILES string of the molecule is CCCC/C=C\C/C=C\CCCCCCCC(=O)OCCCCCCCCCCCCCCCCCCCCCCCCCCCCCCCCCCC(=O)NC(CO)C(O)/C=C/CCCCCCCCCCCCCCCC. The lowest BCUT2D eigenvalue weighted by atomic mass is 10.0. The Hall–Kier alpha value is -1.92. The van der Waals surface area contributed by atoms with Gasteiger partial charge >= 0.3 is 5.97 Å². The fourth-order valence-corrected chi connectivity index (χ4v) is 11.2. The van der Waals surface area contributed by atoms with E-state index in [-0.39, 0.29) is 18.5 Å². The number of carbonyl (C=O) groups is 2. The molecule has 0 aliphatic carbocycles. The summed E-state index contributed by atoms with van der Waals surface area (Å²) in [6.07, 6.45) is 88.1. The van der Waals surface area contributed by atoms with Gasteiger partial charge in [-0.1, -0.05) is 359 Å². The van der Waals surface area contributed by atoms with Gasteiger partial charge in [0.1, 0.15) is 0 Å². The molecule has 0 radical (unpaired) electrons. The molecular weight excluding hydrogens is 971 g/mol. The number of aliphatic hydroxyl groups is 2. The molecule has 0 spiro atoms. The van der Waals surface area contributed by atoms with Crippen molar-refractivity contribution in [2.75, 3.05) is 13.2 Å². The van der Waals surface area contributed by atoms with Crippen LogP contribution in [-0.2, 0) is 14.3 Å². The highest BCUT2D eigenvalue weighted by atomic mass is 16.5. The first-order chi connectivity index (χ1) is 39.0. The van der Waals surface area contributed by atoms with Gasteiger partial charge in [-0.2, -0.15) is 0 Å². The van der Waals surface area contributed by atoms with Gasteiger partial charge in [0, 0.05) is 12.8 Å². The maximum Gasteiger partial charge on any atom is 0.305 e. The summed E-state index contributed by atoms with van der Waals surface area (Å²) in [6, 6.07) is -0.624. The molecule has 0 rings (SSSR count).